The Kier molecular flexibility index (Phi) is 3.02. The molecule has 94 valence electrons. The molecule has 2 aromatic rings. The first-order chi connectivity index (χ1) is 8.83. The number of aromatic nitrogens is 1. The normalized spacial score (nSPS) is 18.2. The molecule has 0 aliphatic carbocycles. The highest BCUT2D eigenvalue weighted by molar-refractivity contribution is 5.37. The van der Waals surface area contributed by atoms with Crippen molar-refractivity contribution in [2.75, 3.05) is 6.61 Å². The summed E-state index contributed by atoms with van der Waals surface area (Å²) in [6.07, 6.45) is 0.976. The molecule has 2 heterocycles. The summed E-state index contributed by atoms with van der Waals surface area (Å²) in [5.74, 6) is 1.85. The molecule has 18 heavy (non-hydrogen) atoms. The van der Waals surface area contributed by atoms with Gasteiger partial charge in [0.15, 0.2) is 5.76 Å². The summed E-state index contributed by atoms with van der Waals surface area (Å²) in [5, 5.41) is 7.38. The highest BCUT2D eigenvalue weighted by atomic mass is 16.5. The molecule has 0 radical (unpaired) electrons. The maximum Gasteiger partial charge on any atom is 0.150 e. The van der Waals surface area contributed by atoms with E-state index >= 15 is 0 Å². The minimum Gasteiger partial charge on any atom is -0.493 e. The van der Waals surface area contributed by atoms with Crippen molar-refractivity contribution in [2.45, 2.75) is 25.9 Å². The monoisotopic (exact) mass is 244 g/mol. The number of nitrogens with zero attached hydrogens (tertiary/aromatic N) is 1. The molecule has 1 unspecified atom stereocenters. The lowest BCUT2D eigenvalue weighted by molar-refractivity contribution is 0.248. The van der Waals surface area contributed by atoms with Gasteiger partial charge in [0.05, 0.1) is 18.8 Å². The van der Waals surface area contributed by atoms with Crippen LogP contribution in [0.5, 0.6) is 5.75 Å². The lowest BCUT2D eigenvalue weighted by Gasteiger charge is -2.26. The topological polar surface area (TPSA) is 47.3 Å². The van der Waals surface area contributed by atoms with Crippen molar-refractivity contribution in [1.29, 1.82) is 0 Å². The molecule has 0 fully saturated rings. The van der Waals surface area contributed by atoms with Gasteiger partial charge in [-0.3, -0.25) is 0 Å². The number of hydrogen-bond acceptors (Lipinski definition) is 4. The SMILES string of the molecule is Cc1cc(CNC2CCOc3ccccc32)on1. The van der Waals surface area contributed by atoms with Gasteiger partial charge in [-0.05, 0) is 13.0 Å². The first kappa shape index (κ1) is 11.3. The number of rotatable bonds is 3. The molecule has 1 aliphatic heterocycles. The molecular weight excluding hydrogens is 228 g/mol. The van der Waals surface area contributed by atoms with Gasteiger partial charge in [-0.2, -0.15) is 0 Å². The van der Waals surface area contributed by atoms with Crippen LogP contribution in [0.2, 0.25) is 0 Å². The van der Waals surface area contributed by atoms with Crippen molar-refractivity contribution in [3.63, 3.8) is 0 Å². The predicted octanol–water partition coefficient (Wildman–Crippen LogP) is 2.60. The van der Waals surface area contributed by atoms with Crippen molar-refractivity contribution in [3.05, 3.63) is 47.3 Å². The van der Waals surface area contributed by atoms with Crippen LogP contribution in [-0.2, 0) is 6.54 Å². The second-order valence-corrected chi connectivity index (χ2v) is 4.54. The van der Waals surface area contributed by atoms with E-state index in [9.17, 15) is 0 Å². The van der Waals surface area contributed by atoms with E-state index in [4.69, 9.17) is 9.26 Å². The lowest BCUT2D eigenvalue weighted by Crippen LogP contribution is -2.26. The Morgan fingerprint density at radius 2 is 2.28 bits per heavy atom. The molecule has 0 bridgehead atoms. The summed E-state index contributed by atoms with van der Waals surface area (Å²) in [6, 6.07) is 10.4. The lowest BCUT2D eigenvalue weighted by atomic mass is 10.0. The van der Waals surface area contributed by atoms with Crippen LogP contribution in [0.1, 0.15) is 29.5 Å². The molecule has 4 heteroatoms. The number of para-hydroxylation sites is 1. The van der Waals surface area contributed by atoms with E-state index in [1.807, 2.05) is 31.2 Å². The number of fused-ring (bicyclic) bond motifs is 1. The maximum atomic E-state index is 5.63. The molecule has 0 spiro atoms. The number of benzene rings is 1. The van der Waals surface area contributed by atoms with Crippen LogP contribution in [0.3, 0.4) is 0 Å². The summed E-state index contributed by atoms with van der Waals surface area (Å²) in [5.41, 5.74) is 2.14. The van der Waals surface area contributed by atoms with Gasteiger partial charge in [-0.15, -0.1) is 0 Å². The Balaban J connectivity index is 1.71. The van der Waals surface area contributed by atoms with Gasteiger partial charge in [-0.1, -0.05) is 23.4 Å². The summed E-state index contributed by atoms with van der Waals surface area (Å²) in [7, 11) is 0. The fourth-order valence-corrected chi connectivity index (χ4v) is 2.28. The first-order valence-corrected chi connectivity index (χ1v) is 6.20. The van der Waals surface area contributed by atoms with Gasteiger partial charge in [-0.25, -0.2) is 0 Å². The molecule has 1 N–H and O–H groups in total. The third-order valence-electron chi connectivity index (χ3n) is 3.16. The van der Waals surface area contributed by atoms with Crippen LogP contribution in [0.15, 0.2) is 34.9 Å². The summed E-state index contributed by atoms with van der Waals surface area (Å²) < 4.78 is 10.8. The quantitative estimate of drug-likeness (QED) is 0.901. The second kappa shape index (κ2) is 4.82. The van der Waals surface area contributed by atoms with Gasteiger partial charge in [0.2, 0.25) is 0 Å². The Labute approximate surface area is 106 Å². The molecule has 0 amide bonds. The van der Waals surface area contributed by atoms with E-state index in [-0.39, 0.29) is 0 Å². The molecule has 1 aliphatic rings. The van der Waals surface area contributed by atoms with E-state index in [0.717, 1.165) is 30.2 Å². The van der Waals surface area contributed by atoms with E-state index in [0.29, 0.717) is 12.6 Å². The van der Waals surface area contributed by atoms with Crippen LogP contribution in [-0.4, -0.2) is 11.8 Å². The van der Waals surface area contributed by atoms with Crippen molar-refractivity contribution < 1.29 is 9.26 Å². The number of nitrogens with one attached hydrogen (secondary N) is 1. The third-order valence-corrected chi connectivity index (χ3v) is 3.16. The molecule has 4 nitrogen and oxygen atoms in total. The molecule has 1 atom stereocenters. The average molecular weight is 244 g/mol. The highest BCUT2D eigenvalue weighted by Gasteiger charge is 2.20. The Morgan fingerprint density at radius 1 is 1.39 bits per heavy atom. The number of hydrogen-bond donors (Lipinski definition) is 1. The minimum atomic E-state index is 0.320. The molecule has 0 saturated heterocycles. The Bertz CT molecular complexity index is 536. The second-order valence-electron chi connectivity index (χ2n) is 4.54. The average Bonchev–Trinajstić information content (AvgIpc) is 2.82. The zero-order valence-electron chi connectivity index (χ0n) is 10.3. The molecule has 3 rings (SSSR count). The fourth-order valence-electron chi connectivity index (χ4n) is 2.28. The van der Waals surface area contributed by atoms with Crippen molar-refractivity contribution >= 4 is 0 Å². The van der Waals surface area contributed by atoms with Crippen molar-refractivity contribution in [3.8, 4) is 5.75 Å². The van der Waals surface area contributed by atoms with Gasteiger partial charge in [0.1, 0.15) is 5.75 Å². The van der Waals surface area contributed by atoms with E-state index in [1.165, 1.54) is 5.56 Å². The zero-order chi connectivity index (χ0) is 12.4. The summed E-state index contributed by atoms with van der Waals surface area (Å²) in [4.78, 5) is 0. The fraction of sp³-hybridized carbons (Fsp3) is 0.357. The molecule has 1 aromatic heterocycles. The Hall–Kier alpha value is -1.81. The number of aryl methyl sites for hydroxylation is 1. The smallest absolute Gasteiger partial charge is 0.150 e. The van der Waals surface area contributed by atoms with Gasteiger partial charge in [0, 0.05) is 24.1 Å². The van der Waals surface area contributed by atoms with Crippen LogP contribution < -0.4 is 10.1 Å². The maximum absolute atomic E-state index is 5.63. The van der Waals surface area contributed by atoms with E-state index in [2.05, 4.69) is 16.5 Å². The van der Waals surface area contributed by atoms with Crippen LogP contribution >= 0.6 is 0 Å². The van der Waals surface area contributed by atoms with Gasteiger partial charge < -0.3 is 14.6 Å². The first-order valence-electron chi connectivity index (χ1n) is 6.20. The molecule has 1 aromatic carbocycles. The van der Waals surface area contributed by atoms with Crippen molar-refractivity contribution in [1.82, 2.24) is 10.5 Å². The number of ether oxygens (including phenoxy) is 1. The highest BCUT2D eigenvalue weighted by Crippen LogP contribution is 2.31. The summed E-state index contributed by atoms with van der Waals surface area (Å²) >= 11 is 0. The third kappa shape index (κ3) is 2.24. The van der Waals surface area contributed by atoms with E-state index < -0.39 is 0 Å². The molecule has 0 saturated carbocycles. The van der Waals surface area contributed by atoms with Crippen molar-refractivity contribution in [2.24, 2.45) is 0 Å². The van der Waals surface area contributed by atoms with Crippen LogP contribution in [0.25, 0.3) is 0 Å². The van der Waals surface area contributed by atoms with Gasteiger partial charge in [0.25, 0.3) is 0 Å². The van der Waals surface area contributed by atoms with E-state index in [1.54, 1.807) is 0 Å². The van der Waals surface area contributed by atoms with Gasteiger partial charge >= 0.3 is 0 Å². The minimum absolute atomic E-state index is 0.320. The van der Waals surface area contributed by atoms with Crippen LogP contribution in [0, 0.1) is 6.92 Å². The summed E-state index contributed by atoms with van der Waals surface area (Å²) in [6.45, 7) is 3.38. The predicted molar refractivity (Wildman–Crippen MR) is 67.4 cm³/mol. The molecular formula is C14H16N2O2. The zero-order valence-corrected chi connectivity index (χ0v) is 10.3. The largest absolute Gasteiger partial charge is 0.493 e. The standard InChI is InChI=1S/C14H16N2O2/c1-10-8-11(18-16-10)9-15-13-6-7-17-14-5-3-2-4-12(13)14/h2-5,8,13,15H,6-7,9H2,1H3. The van der Waals surface area contributed by atoms with Crippen LogP contribution in [0.4, 0.5) is 0 Å². The Morgan fingerprint density at radius 3 is 3.11 bits per heavy atom.